The predicted molar refractivity (Wildman–Crippen MR) is 54.1 cm³/mol. The van der Waals surface area contributed by atoms with Crippen molar-refractivity contribution >= 4 is 6.41 Å². The van der Waals surface area contributed by atoms with Crippen molar-refractivity contribution in [3.05, 3.63) is 11.8 Å². The molecule has 1 atom stereocenters. The molecule has 0 spiro atoms. The summed E-state index contributed by atoms with van der Waals surface area (Å²) < 4.78 is 0. The average molecular weight is 181 g/mol. The molecule has 13 heavy (non-hydrogen) atoms. The van der Waals surface area contributed by atoms with Crippen LogP contribution in [0.3, 0.4) is 0 Å². The lowest BCUT2D eigenvalue weighted by atomic mass is 9.74. The molecule has 1 rings (SSSR count). The van der Waals surface area contributed by atoms with E-state index < -0.39 is 0 Å². The maximum atomic E-state index is 10.2. The van der Waals surface area contributed by atoms with Crippen molar-refractivity contribution in [2.45, 2.75) is 40.0 Å². The predicted octanol–water partition coefficient (Wildman–Crippen LogP) is 2.46. The van der Waals surface area contributed by atoms with Crippen molar-refractivity contribution in [3.63, 3.8) is 0 Å². The Balaban J connectivity index is 2.51. The van der Waals surface area contributed by atoms with Gasteiger partial charge in [-0.05, 0) is 30.6 Å². The molecule has 0 aromatic rings. The molecule has 2 nitrogen and oxygen atoms in total. The van der Waals surface area contributed by atoms with E-state index in [1.807, 2.05) is 0 Å². The van der Waals surface area contributed by atoms with E-state index in [1.165, 1.54) is 6.42 Å². The Bertz CT molecular complexity index is 213. The topological polar surface area (TPSA) is 29.1 Å². The van der Waals surface area contributed by atoms with E-state index in [0.29, 0.717) is 5.41 Å². The lowest BCUT2D eigenvalue weighted by Gasteiger charge is -2.33. The van der Waals surface area contributed by atoms with E-state index in [9.17, 15) is 4.79 Å². The van der Waals surface area contributed by atoms with Crippen LogP contribution in [-0.2, 0) is 4.79 Å². The van der Waals surface area contributed by atoms with Crippen LogP contribution in [0.15, 0.2) is 11.8 Å². The van der Waals surface area contributed by atoms with E-state index in [1.54, 1.807) is 0 Å². The Kier molecular flexibility index (Phi) is 3.12. The van der Waals surface area contributed by atoms with Gasteiger partial charge in [-0.3, -0.25) is 4.79 Å². The van der Waals surface area contributed by atoms with Gasteiger partial charge in [-0.2, -0.15) is 0 Å². The normalized spacial score (nSPS) is 23.6. The van der Waals surface area contributed by atoms with Crippen molar-refractivity contribution in [3.8, 4) is 0 Å². The molecule has 74 valence electrons. The molecule has 1 unspecified atom stereocenters. The minimum absolute atomic E-state index is 0.392. The summed E-state index contributed by atoms with van der Waals surface area (Å²) in [6, 6.07) is 0. The zero-order chi connectivity index (χ0) is 9.90. The van der Waals surface area contributed by atoms with Gasteiger partial charge in [0, 0.05) is 5.70 Å². The third kappa shape index (κ3) is 2.87. The Labute approximate surface area is 80.4 Å². The van der Waals surface area contributed by atoms with Gasteiger partial charge < -0.3 is 5.32 Å². The first kappa shape index (κ1) is 10.3. The lowest BCUT2D eigenvalue weighted by Crippen LogP contribution is -2.24. The highest BCUT2D eigenvalue weighted by atomic mass is 16.1. The SMILES string of the molecule is CC(C)(C)C1CC=C(NC=O)CC1. The van der Waals surface area contributed by atoms with E-state index in [0.717, 1.165) is 30.9 Å². The van der Waals surface area contributed by atoms with Crippen LogP contribution in [0.1, 0.15) is 40.0 Å². The summed E-state index contributed by atoms with van der Waals surface area (Å²) in [6.07, 6.45) is 6.23. The zero-order valence-corrected chi connectivity index (χ0v) is 8.76. The molecule has 1 amide bonds. The van der Waals surface area contributed by atoms with Gasteiger partial charge in [-0.25, -0.2) is 0 Å². The fourth-order valence-corrected chi connectivity index (χ4v) is 1.83. The van der Waals surface area contributed by atoms with Crippen molar-refractivity contribution in [1.82, 2.24) is 5.32 Å². The summed E-state index contributed by atoms with van der Waals surface area (Å²) in [7, 11) is 0. The highest BCUT2D eigenvalue weighted by molar-refractivity contribution is 5.50. The van der Waals surface area contributed by atoms with Crippen molar-refractivity contribution in [2.75, 3.05) is 0 Å². The minimum atomic E-state index is 0.392. The molecule has 0 heterocycles. The van der Waals surface area contributed by atoms with Gasteiger partial charge in [0.25, 0.3) is 0 Å². The highest BCUT2D eigenvalue weighted by Gasteiger charge is 2.25. The molecular weight excluding hydrogens is 162 g/mol. The summed E-state index contributed by atoms with van der Waals surface area (Å²) in [5.41, 5.74) is 1.49. The summed E-state index contributed by atoms with van der Waals surface area (Å²) in [4.78, 5) is 10.2. The molecule has 0 saturated carbocycles. The Hall–Kier alpha value is -0.790. The van der Waals surface area contributed by atoms with E-state index in [4.69, 9.17) is 0 Å². The fraction of sp³-hybridized carbons (Fsp3) is 0.727. The van der Waals surface area contributed by atoms with E-state index >= 15 is 0 Å². The van der Waals surface area contributed by atoms with Crippen molar-refractivity contribution < 1.29 is 4.79 Å². The first-order valence-corrected chi connectivity index (χ1v) is 4.93. The van der Waals surface area contributed by atoms with Crippen LogP contribution in [0, 0.1) is 11.3 Å². The van der Waals surface area contributed by atoms with Crippen LogP contribution in [0.4, 0.5) is 0 Å². The molecule has 0 saturated heterocycles. The van der Waals surface area contributed by atoms with E-state index in [-0.39, 0.29) is 0 Å². The first-order chi connectivity index (χ1) is 6.04. The second-order valence-electron chi connectivity index (χ2n) is 4.83. The van der Waals surface area contributed by atoms with Gasteiger partial charge in [0.1, 0.15) is 0 Å². The molecule has 0 radical (unpaired) electrons. The molecule has 0 aromatic carbocycles. The maximum Gasteiger partial charge on any atom is 0.211 e. The number of hydrogen-bond acceptors (Lipinski definition) is 1. The van der Waals surface area contributed by atoms with Gasteiger partial charge >= 0.3 is 0 Å². The summed E-state index contributed by atoms with van der Waals surface area (Å²) in [5, 5.41) is 2.74. The Morgan fingerprint density at radius 1 is 1.54 bits per heavy atom. The van der Waals surface area contributed by atoms with Crippen LogP contribution < -0.4 is 5.32 Å². The third-order valence-electron chi connectivity index (χ3n) is 2.88. The number of allylic oxidation sites excluding steroid dienone is 2. The van der Waals surface area contributed by atoms with Crippen LogP contribution in [0.5, 0.6) is 0 Å². The fourth-order valence-electron chi connectivity index (χ4n) is 1.83. The average Bonchev–Trinajstić information content (AvgIpc) is 2.04. The Morgan fingerprint density at radius 2 is 2.23 bits per heavy atom. The number of carbonyl (C=O) groups excluding carboxylic acids is 1. The first-order valence-electron chi connectivity index (χ1n) is 4.93. The summed E-state index contributed by atoms with van der Waals surface area (Å²) in [5.74, 6) is 0.754. The van der Waals surface area contributed by atoms with Crippen molar-refractivity contribution in [1.29, 1.82) is 0 Å². The second-order valence-corrected chi connectivity index (χ2v) is 4.83. The molecule has 1 N–H and O–H groups in total. The molecule has 0 aliphatic heterocycles. The number of carbonyl (C=O) groups is 1. The number of hydrogen-bond donors (Lipinski definition) is 1. The quantitative estimate of drug-likeness (QED) is 0.651. The summed E-state index contributed by atoms with van der Waals surface area (Å²) in [6.45, 7) is 6.84. The molecular formula is C11H19NO. The van der Waals surface area contributed by atoms with Gasteiger partial charge in [0.2, 0.25) is 6.41 Å². The van der Waals surface area contributed by atoms with Gasteiger partial charge in [-0.1, -0.05) is 26.8 Å². The summed E-state index contributed by atoms with van der Waals surface area (Å²) >= 11 is 0. The minimum Gasteiger partial charge on any atom is -0.333 e. The number of rotatable bonds is 2. The number of nitrogens with one attached hydrogen (secondary N) is 1. The monoisotopic (exact) mass is 181 g/mol. The molecule has 0 bridgehead atoms. The molecule has 0 fully saturated rings. The van der Waals surface area contributed by atoms with Crippen LogP contribution in [0.25, 0.3) is 0 Å². The molecule has 0 aromatic heterocycles. The van der Waals surface area contributed by atoms with Gasteiger partial charge in [0.05, 0.1) is 0 Å². The maximum absolute atomic E-state index is 10.2. The van der Waals surface area contributed by atoms with Gasteiger partial charge in [-0.15, -0.1) is 0 Å². The smallest absolute Gasteiger partial charge is 0.211 e. The second kappa shape index (κ2) is 3.95. The lowest BCUT2D eigenvalue weighted by molar-refractivity contribution is -0.109. The molecule has 2 heteroatoms. The van der Waals surface area contributed by atoms with E-state index in [2.05, 4.69) is 32.2 Å². The largest absolute Gasteiger partial charge is 0.333 e. The molecule has 1 aliphatic rings. The highest BCUT2D eigenvalue weighted by Crippen LogP contribution is 2.36. The zero-order valence-electron chi connectivity index (χ0n) is 8.76. The van der Waals surface area contributed by atoms with Crippen LogP contribution >= 0.6 is 0 Å². The molecule has 1 aliphatic carbocycles. The van der Waals surface area contributed by atoms with Crippen molar-refractivity contribution in [2.24, 2.45) is 11.3 Å². The van der Waals surface area contributed by atoms with Gasteiger partial charge in [0.15, 0.2) is 0 Å². The van der Waals surface area contributed by atoms with Crippen LogP contribution in [-0.4, -0.2) is 6.41 Å². The standard InChI is InChI=1S/C11H19NO/c1-11(2,3)9-4-6-10(7-5-9)12-8-13/h6,8-9H,4-5,7H2,1-3H3,(H,12,13). The number of amides is 1. The third-order valence-corrected chi connectivity index (χ3v) is 2.88. The van der Waals surface area contributed by atoms with Crippen LogP contribution in [0.2, 0.25) is 0 Å². The Morgan fingerprint density at radius 3 is 2.62 bits per heavy atom.